The Bertz CT molecular complexity index is 526. The molecule has 0 radical (unpaired) electrons. The van der Waals surface area contributed by atoms with Crippen molar-refractivity contribution < 1.29 is 0 Å². The monoisotopic (exact) mass is 267 g/mol. The lowest BCUT2D eigenvalue weighted by atomic mass is 9.83. The maximum atomic E-state index is 4.12. The molecule has 2 heterocycles. The molecule has 1 aromatic carbocycles. The fourth-order valence-corrected chi connectivity index (χ4v) is 2.97. The first-order valence-corrected chi connectivity index (χ1v) is 7.49. The zero-order valence-corrected chi connectivity index (χ0v) is 11.8. The number of hydrogen-bond donors (Lipinski definition) is 1. The van der Waals surface area contributed by atoms with E-state index in [0.29, 0.717) is 0 Å². The third-order valence-corrected chi connectivity index (χ3v) is 4.06. The second-order valence-corrected chi connectivity index (χ2v) is 5.42. The molecule has 104 valence electrons. The highest BCUT2D eigenvalue weighted by Crippen LogP contribution is 2.28. The maximum Gasteiger partial charge on any atom is 0.0886 e. The SMILES string of the molecule is C1=C2CNCCC2CCC1.c1ccc2nccnc2c1. The van der Waals surface area contributed by atoms with Crippen LogP contribution in [0.1, 0.15) is 25.7 Å². The molecule has 1 fully saturated rings. The Kier molecular flexibility index (Phi) is 4.38. The van der Waals surface area contributed by atoms with Crippen LogP contribution in [-0.4, -0.2) is 23.1 Å². The molecule has 2 aliphatic rings. The minimum Gasteiger partial charge on any atom is -0.313 e. The molecule has 1 unspecified atom stereocenters. The molecule has 2 aromatic rings. The van der Waals surface area contributed by atoms with E-state index in [4.69, 9.17) is 0 Å². The number of fused-ring (bicyclic) bond motifs is 2. The second kappa shape index (κ2) is 6.62. The van der Waals surface area contributed by atoms with Gasteiger partial charge in [0.25, 0.3) is 0 Å². The predicted molar refractivity (Wildman–Crippen MR) is 82.4 cm³/mol. The average Bonchev–Trinajstić information content (AvgIpc) is 2.56. The van der Waals surface area contributed by atoms with Crippen molar-refractivity contribution in [2.75, 3.05) is 13.1 Å². The summed E-state index contributed by atoms with van der Waals surface area (Å²) in [4.78, 5) is 8.24. The molecule has 0 spiro atoms. The van der Waals surface area contributed by atoms with Gasteiger partial charge in [-0.2, -0.15) is 0 Å². The normalized spacial score (nSPS) is 21.4. The van der Waals surface area contributed by atoms with Gasteiger partial charge in [-0.15, -0.1) is 0 Å². The van der Waals surface area contributed by atoms with Crippen molar-refractivity contribution in [3.05, 3.63) is 48.3 Å². The van der Waals surface area contributed by atoms with Crippen LogP contribution >= 0.6 is 0 Å². The van der Waals surface area contributed by atoms with Crippen molar-refractivity contribution >= 4 is 11.0 Å². The maximum absolute atomic E-state index is 4.12. The van der Waals surface area contributed by atoms with E-state index in [1.165, 1.54) is 38.8 Å². The molecule has 3 nitrogen and oxygen atoms in total. The van der Waals surface area contributed by atoms with Crippen LogP contribution in [0.25, 0.3) is 11.0 Å². The largest absolute Gasteiger partial charge is 0.313 e. The molecule has 1 aliphatic carbocycles. The van der Waals surface area contributed by atoms with Gasteiger partial charge in [0.15, 0.2) is 0 Å². The van der Waals surface area contributed by atoms with Gasteiger partial charge in [-0.1, -0.05) is 23.8 Å². The molecule has 0 saturated carbocycles. The van der Waals surface area contributed by atoms with Gasteiger partial charge in [0, 0.05) is 18.9 Å². The molecule has 1 aliphatic heterocycles. The van der Waals surface area contributed by atoms with Gasteiger partial charge in [-0.25, -0.2) is 0 Å². The molecule has 1 N–H and O–H groups in total. The molecule has 1 atom stereocenters. The summed E-state index contributed by atoms with van der Waals surface area (Å²) >= 11 is 0. The number of piperidine rings is 1. The zero-order chi connectivity index (χ0) is 13.6. The Morgan fingerprint density at radius 2 is 1.75 bits per heavy atom. The van der Waals surface area contributed by atoms with Crippen molar-refractivity contribution in [1.82, 2.24) is 15.3 Å². The summed E-state index contributed by atoms with van der Waals surface area (Å²) in [6.07, 6.45) is 11.4. The van der Waals surface area contributed by atoms with Crippen LogP contribution < -0.4 is 5.32 Å². The van der Waals surface area contributed by atoms with E-state index in [1.807, 2.05) is 24.3 Å². The van der Waals surface area contributed by atoms with E-state index in [0.717, 1.165) is 17.0 Å². The number of nitrogens with one attached hydrogen (secondary N) is 1. The number of benzene rings is 1. The summed E-state index contributed by atoms with van der Waals surface area (Å²) < 4.78 is 0. The number of nitrogens with zero attached hydrogens (tertiary/aromatic N) is 2. The molecule has 3 heteroatoms. The van der Waals surface area contributed by atoms with Gasteiger partial charge in [0.1, 0.15) is 0 Å². The van der Waals surface area contributed by atoms with Gasteiger partial charge in [0.2, 0.25) is 0 Å². The number of allylic oxidation sites excluding steroid dienone is 1. The Hall–Kier alpha value is -1.74. The minimum absolute atomic E-state index is 0.949. The van der Waals surface area contributed by atoms with Crippen LogP contribution in [-0.2, 0) is 0 Å². The third-order valence-electron chi connectivity index (χ3n) is 4.06. The predicted octanol–water partition coefficient (Wildman–Crippen LogP) is 3.34. The molecule has 0 amide bonds. The summed E-state index contributed by atoms with van der Waals surface area (Å²) in [7, 11) is 0. The van der Waals surface area contributed by atoms with Gasteiger partial charge in [-0.05, 0) is 50.3 Å². The molecule has 0 bridgehead atoms. The van der Waals surface area contributed by atoms with Gasteiger partial charge >= 0.3 is 0 Å². The van der Waals surface area contributed by atoms with Gasteiger partial charge in [0.05, 0.1) is 11.0 Å². The first-order valence-electron chi connectivity index (χ1n) is 7.49. The number of rotatable bonds is 0. The lowest BCUT2D eigenvalue weighted by Gasteiger charge is -2.29. The smallest absolute Gasteiger partial charge is 0.0886 e. The standard InChI is InChI=1S/C9H15N.C8H6N2/c1-2-4-9-7-10-6-5-8(9)3-1;1-2-4-8-7(3-1)9-5-6-10-8/h4,8,10H,1-3,5-7H2;1-6H. The fraction of sp³-hybridized carbons (Fsp3) is 0.412. The molecule has 1 aromatic heterocycles. The van der Waals surface area contributed by atoms with Crippen LogP contribution in [0.4, 0.5) is 0 Å². The lowest BCUT2D eigenvalue weighted by molar-refractivity contribution is 0.413. The fourth-order valence-electron chi connectivity index (χ4n) is 2.97. The van der Waals surface area contributed by atoms with Crippen molar-refractivity contribution in [2.45, 2.75) is 25.7 Å². The Morgan fingerprint density at radius 1 is 1.00 bits per heavy atom. The van der Waals surface area contributed by atoms with E-state index in [-0.39, 0.29) is 0 Å². The van der Waals surface area contributed by atoms with Crippen molar-refractivity contribution in [3.63, 3.8) is 0 Å². The molecule has 1 saturated heterocycles. The summed E-state index contributed by atoms with van der Waals surface area (Å²) in [5.74, 6) is 0.954. The van der Waals surface area contributed by atoms with Crippen LogP contribution in [0.2, 0.25) is 0 Å². The Balaban J connectivity index is 0.000000121. The van der Waals surface area contributed by atoms with E-state index in [9.17, 15) is 0 Å². The van der Waals surface area contributed by atoms with E-state index < -0.39 is 0 Å². The summed E-state index contributed by atoms with van der Waals surface area (Å²) in [6.45, 7) is 2.41. The van der Waals surface area contributed by atoms with Crippen LogP contribution in [0.15, 0.2) is 48.3 Å². The molecular formula is C17H21N3. The number of hydrogen-bond acceptors (Lipinski definition) is 3. The molecule has 4 rings (SSSR count). The van der Waals surface area contributed by atoms with Crippen LogP contribution in [0, 0.1) is 5.92 Å². The number of aromatic nitrogens is 2. The highest BCUT2D eigenvalue weighted by Gasteiger charge is 2.19. The highest BCUT2D eigenvalue weighted by atomic mass is 14.9. The Morgan fingerprint density at radius 3 is 2.45 bits per heavy atom. The van der Waals surface area contributed by atoms with Crippen molar-refractivity contribution in [1.29, 1.82) is 0 Å². The average molecular weight is 267 g/mol. The van der Waals surface area contributed by atoms with Crippen molar-refractivity contribution in [2.24, 2.45) is 5.92 Å². The van der Waals surface area contributed by atoms with E-state index in [1.54, 1.807) is 18.0 Å². The van der Waals surface area contributed by atoms with Crippen LogP contribution in [0.5, 0.6) is 0 Å². The van der Waals surface area contributed by atoms with Gasteiger partial charge in [-0.3, -0.25) is 9.97 Å². The molecule has 20 heavy (non-hydrogen) atoms. The first kappa shape index (κ1) is 13.3. The summed E-state index contributed by atoms with van der Waals surface area (Å²) in [5.41, 5.74) is 3.59. The third kappa shape index (κ3) is 3.23. The van der Waals surface area contributed by atoms with Gasteiger partial charge < -0.3 is 5.32 Å². The quantitative estimate of drug-likeness (QED) is 0.744. The van der Waals surface area contributed by atoms with E-state index >= 15 is 0 Å². The summed E-state index contributed by atoms with van der Waals surface area (Å²) in [6, 6.07) is 7.80. The second-order valence-electron chi connectivity index (χ2n) is 5.42. The minimum atomic E-state index is 0.949. The van der Waals surface area contributed by atoms with Crippen molar-refractivity contribution in [3.8, 4) is 0 Å². The topological polar surface area (TPSA) is 37.8 Å². The molecular weight excluding hydrogens is 246 g/mol. The number of para-hydroxylation sites is 2. The lowest BCUT2D eigenvalue weighted by Crippen LogP contribution is -2.31. The Labute approximate surface area is 120 Å². The van der Waals surface area contributed by atoms with E-state index in [2.05, 4.69) is 21.4 Å². The summed E-state index contributed by atoms with van der Waals surface area (Å²) in [5, 5.41) is 3.42. The highest BCUT2D eigenvalue weighted by molar-refractivity contribution is 5.72. The zero-order valence-electron chi connectivity index (χ0n) is 11.8. The van der Waals surface area contributed by atoms with Crippen LogP contribution in [0.3, 0.4) is 0 Å². The first-order chi connectivity index (χ1) is 9.93.